The van der Waals surface area contributed by atoms with E-state index in [9.17, 15) is 13.2 Å². The Morgan fingerprint density at radius 2 is 1.67 bits per heavy atom. The van der Waals surface area contributed by atoms with Crippen LogP contribution in [0, 0.1) is 6.92 Å². The minimum Gasteiger partial charge on any atom is -0.496 e. The average Bonchev–Trinajstić information content (AvgIpc) is 2.73. The molecule has 0 fully saturated rings. The van der Waals surface area contributed by atoms with Crippen LogP contribution in [0.1, 0.15) is 11.1 Å². The summed E-state index contributed by atoms with van der Waals surface area (Å²) in [7, 11) is 2.04. The molecule has 1 amide bonds. The molecule has 0 aliphatic rings. The first-order chi connectivity index (χ1) is 14.2. The van der Waals surface area contributed by atoms with Gasteiger partial charge in [-0.2, -0.15) is 9.41 Å². The van der Waals surface area contributed by atoms with Gasteiger partial charge < -0.3 is 14.2 Å². The number of carbonyl (C=O) groups is 1. The monoisotopic (exact) mass is 435 g/mol. The van der Waals surface area contributed by atoms with Crippen LogP contribution in [0.25, 0.3) is 0 Å². The summed E-state index contributed by atoms with van der Waals surface area (Å²) in [6.45, 7) is 1.35. The zero-order valence-electron chi connectivity index (χ0n) is 17.5. The van der Waals surface area contributed by atoms with Crippen molar-refractivity contribution < 1.29 is 27.4 Å². The first-order valence-corrected chi connectivity index (χ1v) is 10.3. The number of amides is 1. The summed E-state index contributed by atoms with van der Waals surface area (Å²) in [5.74, 6) is 1.09. The highest BCUT2D eigenvalue weighted by molar-refractivity contribution is 7.89. The van der Waals surface area contributed by atoms with Gasteiger partial charge in [0.1, 0.15) is 5.75 Å². The Kier molecular flexibility index (Phi) is 7.79. The summed E-state index contributed by atoms with van der Waals surface area (Å²) < 4.78 is 41.8. The minimum absolute atomic E-state index is 0.0740. The Morgan fingerprint density at radius 1 is 1.03 bits per heavy atom. The van der Waals surface area contributed by atoms with Gasteiger partial charge in [0, 0.05) is 7.05 Å². The van der Waals surface area contributed by atoms with Crippen molar-refractivity contribution in [2.24, 2.45) is 5.10 Å². The summed E-state index contributed by atoms with van der Waals surface area (Å²) in [6.07, 6.45) is 1.42. The molecule has 2 aromatic rings. The van der Waals surface area contributed by atoms with Crippen LogP contribution < -0.4 is 19.6 Å². The molecule has 30 heavy (non-hydrogen) atoms. The van der Waals surface area contributed by atoms with Gasteiger partial charge in [-0.15, -0.1) is 0 Å². The molecule has 0 radical (unpaired) electrons. The third-order valence-corrected chi connectivity index (χ3v) is 6.05. The number of carbonyl (C=O) groups excluding carboxylic acids is 1. The second-order valence-electron chi connectivity index (χ2n) is 6.30. The highest BCUT2D eigenvalue weighted by Gasteiger charge is 2.23. The van der Waals surface area contributed by atoms with Crippen LogP contribution in [-0.2, 0) is 14.8 Å². The highest BCUT2D eigenvalue weighted by Crippen LogP contribution is 2.27. The summed E-state index contributed by atoms with van der Waals surface area (Å²) in [6, 6.07) is 9.64. The van der Waals surface area contributed by atoms with E-state index in [-0.39, 0.29) is 4.90 Å². The normalized spacial score (nSPS) is 11.5. The maximum absolute atomic E-state index is 12.7. The number of sulfonamides is 1. The fraction of sp³-hybridized carbons (Fsp3) is 0.300. The van der Waals surface area contributed by atoms with E-state index in [1.54, 1.807) is 31.2 Å². The predicted octanol–water partition coefficient (Wildman–Crippen LogP) is 1.79. The molecule has 0 aliphatic carbocycles. The van der Waals surface area contributed by atoms with E-state index in [0.29, 0.717) is 28.4 Å². The van der Waals surface area contributed by atoms with Gasteiger partial charge in [0.05, 0.1) is 39.0 Å². The number of hydrogen-bond donors (Lipinski definition) is 1. The molecule has 0 heterocycles. The first-order valence-electron chi connectivity index (χ1n) is 8.87. The second-order valence-corrected chi connectivity index (χ2v) is 8.34. The SMILES string of the molecule is COc1ccc(S(=O)(=O)N(C)CC(=O)NN=Cc2ccc(OC)c(OC)c2)cc1C. The lowest BCUT2D eigenvalue weighted by molar-refractivity contribution is -0.121. The maximum Gasteiger partial charge on any atom is 0.255 e. The molecule has 0 aliphatic heterocycles. The Morgan fingerprint density at radius 3 is 2.27 bits per heavy atom. The minimum atomic E-state index is -3.84. The van der Waals surface area contributed by atoms with Crippen molar-refractivity contribution in [1.29, 1.82) is 0 Å². The zero-order chi connectivity index (χ0) is 22.3. The van der Waals surface area contributed by atoms with Gasteiger partial charge in [0.25, 0.3) is 5.91 Å². The zero-order valence-corrected chi connectivity index (χ0v) is 18.3. The molecular weight excluding hydrogens is 410 g/mol. The topological polar surface area (TPSA) is 107 Å². The van der Waals surface area contributed by atoms with Crippen LogP contribution in [0.15, 0.2) is 46.4 Å². The van der Waals surface area contributed by atoms with Gasteiger partial charge >= 0.3 is 0 Å². The molecule has 1 N–H and O–H groups in total. The third-order valence-electron chi connectivity index (χ3n) is 4.25. The van der Waals surface area contributed by atoms with Gasteiger partial charge in [-0.25, -0.2) is 13.8 Å². The molecule has 0 spiro atoms. The Hall–Kier alpha value is -3.11. The van der Waals surface area contributed by atoms with Crippen LogP contribution in [0.2, 0.25) is 0 Å². The van der Waals surface area contributed by atoms with E-state index >= 15 is 0 Å². The molecule has 10 heteroatoms. The number of benzene rings is 2. The van der Waals surface area contributed by atoms with Crippen molar-refractivity contribution in [3.63, 3.8) is 0 Å². The van der Waals surface area contributed by atoms with Gasteiger partial charge in [-0.3, -0.25) is 4.79 Å². The Bertz CT molecular complexity index is 1040. The summed E-state index contributed by atoms with van der Waals surface area (Å²) in [4.78, 5) is 12.2. The number of aryl methyl sites for hydroxylation is 1. The third kappa shape index (κ3) is 5.49. The van der Waals surface area contributed by atoms with Gasteiger partial charge in [-0.1, -0.05) is 0 Å². The summed E-state index contributed by atoms with van der Waals surface area (Å²) >= 11 is 0. The lowest BCUT2D eigenvalue weighted by Crippen LogP contribution is -2.36. The number of likely N-dealkylation sites (N-methyl/N-ethyl adjacent to an activating group) is 1. The molecule has 0 bridgehead atoms. The molecule has 0 aromatic heterocycles. The van der Waals surface area contributed by atoms with E-state index < -0.39 is 22.5 Å². The highest BCUT2D eigenvalue weighted by atomic mass is 32.2. The maximum atomic E-state index is 12.7. The van der Waals surface area contributed by atoms with E-state index in [0.717, 1.165) is 4.31 Å². The van der Waals surface area contributed by atoms with E-state index in [1.807, 2.05) is 0 Å². The summed E-state index contributed by atoms with van der Waals surface area (Å²) in [5, 5.41) is 3.86. The van der Waals surface area contributed by atoms with Gasteiger partial charge in [-0.05, 0) is 54.4 Å². The van der Waals surface area contributed by atoms with Crippen molar-refractivity contribution in [3.05, 3.63) is 47.5 Å². The van der Waals surface area contributed by atoms with Crippen LogP contribution in [0.5, 0.6) is 17.2 Å². The Balaban J connectivity index is 2.01. The lowest BCUT2D eigenvalue weighted by Gasteiger charge is -2.17. The summed E-state index contributed by atoms with van der Waals surface area (Å²) in [5.41, 5.74) is 3.66. The fourth-order valence-corrected chi connectivity index (χ4v) is 3.84. The number of nitrogens with zero attached hydrogens (tertiary/aromatic N) is 2. The number of methoxy groups -OCH3 is 3. The smallest absolute Gasteiger partial charge is 0.255 e. The van der Waals surface area contributed by atoms with Crippen molar-refractivity contribution in [2.45, 2.75) is 11.8 Å². The van der Waals surface area contributed by atoms with E-state index in [1.165, 1.54) is 46.7 Å². The lowest BCUT2D eigenvalue weighted by atomic mass is 10.2. The van der Waals surface area contributed by atoms with Crippen molar-refractivity contribution in [2.75, 3.05) is 34.9 Å². The quantitative estimate of drug-likeness (QED) is 0.475. The molecule has 0 saturated carbocycles. The van der Waals surface area contributed by atoms with Crippen LogP contribution in [0.3, 0.4) is 0 Å². The number of hydrogen-bond acceptors (Lipinski definition) is 7. The molecule has 2 aromatic carbocycles. The van der Waals surface area contributed by atoms with Gasteiger partial charge in [0.2, 0.25) is 10.0 Å². The predicted molar refractivity (Wildman–Crippen MR) is 113 cm³/mol. The van der Waals surface area contributed by atoms with Crippen molar-refractivity contribution in [1.82, 2.24) is 9.73 Å². The molecule has 9 nitrogen and oxygen atoms in total. The fourth-order valence-electron chi connectivity index (χ4n) is 2.63. The molecule has 0 atom stereocenters. The number of hydrazone groups is 1. The van der Waals surface area contributed by atoms with E-state index in [2.05, 4.69) is 10.5 Å². The van der Waals surface area contributed by atoms with Crippen LogP contribution in [0.4, 0.5) is 0 Å². The molecule has 0 saturated heterocycles. The Labute approximate surface area is 176 Å². The molecule has 2 rings (SSSR count). The molecular formula is C20H25N3O6S. The van der Waals surface area contributed by atoms with E-state index in [4.69, 9.17) is 14.2 Å². The van der Waals surface area contributed by atoms with Crippen molar-refractivity contribution >= 4 is 22.1 Å². The first kappa shape index (κ1) is 23.2. The number of rotatable bonds is 9. The molecule has 0 unspecified atom stereocenters. The van der Waals surface area contributed by atoms with Crippen LogP contribution in [-0.4, -0.2) is 59.8 Å². The number of nitrogens with one attached hydrogen (secondary N) is 1. The van der Waals surface area contributed by atoms with Crippen molar-refractivity contribution in [3.8, 4) is 17.2 Å². The second kappa shape index (κ2) is 10.1. The largest absolute Gasteiger partial charge is 0.496 e. The standard InChI is InChI=1S/C20H25N3O6S/c1-14-10-16(7-9-17(14)27-3)30(25,26)23(2)13-20(24)22-21-12-15-6-8-18(28-4)19(11-15)29-5/h6-12H,13H2,1-5H3,(H,22,24). The average molecular weight is 436 g/mol. The molecule has 162 valence electrons. The van der Waals surface area contributed by atoms with Crippen LogP contribution >= 0.6 is 0 Å². The number of ether oxygens (including phenoxy) is 3. The van der Waals surface area contributed by atoms with Gasteiger partial charge in [0.15, 0.2) is 11.5 Å².